The van der Waals surface area contributed by atoms with Crippen molar-refractivity contribution in [2.24, 2.45) is 5.41 Å². The third kappa shape index (κ3) is 5.72. The fraction of sp³-hybridized carbons (Fsp3) is 0.344. The summed E-state index contributed by atoms with van der Waals surface area (Å²) >= 11 is 0. The van der Waals surface area contributed by atoms with E-state index in [9.17, 15) is 0 Å². The number of fused-ring (bicyclic) bond motifs is 1. The van der Waals surface area contributed by atoms with E-state index in [2.05, 4.69) is 114 Å². The lowest BCUT2D eigenvalue weighted by atomic mass is 9.93. The van der Waals surface area contributed by atoms with Gasteiger partial charge in [0.25, 0.3) is 0 Å². The van der Waals surface area contributed by atoms with Gasteiger partial charge in [0.15, 0.2) is 0 Å². The van der Waals surface area contributed by atoms with Crippen LogP contribution in [0.4, 0.5) is 5.69 Å². The molecule has 0 amide bonds. The Labute approximate surface area is 236 Å². The van der Waals surface area contributed by atoms with Crippen LogP contribution in [0.5, 0.6) is 0 Å². The molecule has 0 aromatic carbocycles. The van der Waals surface area contributed by atoms with Gasteiger partial charge in [0, 0.05) is 66.0 Å². The summed E-state index contributed by atoms with van der Waals surface area (Å²) in [5, 5.41) is 11.2. The summed E-state index contributed by atoms with van der Waals surface area (Å²) in [5.74, 6) is 0. The summed E-state index contributed by atoms with van der Waals surface area (Å²) in [7, 11) is 2.18. The first kappa shape index (κ1) is 27.4. The van der Waals surface area contributed by atoms with Crippen molar-refractivity contribution in [1.29, 1.82) is 0 Å². The maximum atomic E-state index is 5.04. The Kier molecular flexibility index (Phi) is 7.63. The number of piperazine rings is 1. The number of anilines is 1. The molecule has 0 saturated carbocycles. The first-order valence-electron chi connectivity index (χ1n) is 13.9. The standard InChI is InChI=1S/C32H40N8/c1-8-9-10-29(40-15-13-39(7)14-16-40)25-18-28(34-21(25)2)31-30-27(37-38-31)12-11-26(36-30)23-17-24(20-33-19-23)35-22(3)32(4,5)6/h8-12,17-20,34-35H,3,13-16H2,1-2,4-7H3,(H,37,38)/b9-8-,29-10+. The maximum Gasteiger partial charge on any atom is 0.135 e. The largest absolute Gasteiger partial charge is 0.368 e. The highest BCUT2D eigenvalue weighted by Crippen LogP contribution is 2.33. The normalized spacial score (nSPS) is 15.3. The van der Waals surface area contributed by atoms with Gasteiger partial charge in [-0.25, -0.2) is 4.98 Å². The third-order valence-corrected chi connectivity index (χ3v) is 7.48. The van der Waals surface area contributed by atoms with Crippen LogP contribution in [0.3, 0.4) is 0 Å². The van der Waals surface area contributed by atoms with Crippen molar-refractivity contribution in [3.05, 3.63) is 78.4 Å². The number of aryl methyl sites for hydroxylation is 1. The maximum absolute atomic E-state index is 5.04. The second-order valence-electron chi connectivity index (χ2n) is 11.6. The summed E-state index contributed by atoms with van der Waals surface area (Å²) in [6.45, 7) is 18.9. The molecule has 0 atom stereocenters. The van der Waals surface area contributed by atoms with E-state index in [4.69, 9.17) is 4.98 Å². The molecule has 0 unspecified atom stereocenters. The Balaban J connectivity index is 1.49. The zero-order chi connectivity index (χ0) is 28.4. The van der Waals surface area contributed by atoms with E-state index < -0.39 is 0 Å². The predicted molar refractivity (Wildman–Crippen MR) is 166 cm³/mol. The lowest BCUT2D eigenvalue weighted by molar-refractivity contribution is 0.207. The fourth-order valence-electron chi connectivity index (χ4n) is 4.81. The zero-order valence-electron chi connectivity index (χ0n) is 24.5. The number of nitrogens with one attached hydrogen (secondary N) is 3. The van der Waals surface area contributed by atoms with Crippen molar-refractivity contribution >= 4 is 22.4 Å². The minimum atomic E-state index is -0.0574. The van der Waals surface area contributed by atoms with E-state index in [1.54, 1.807) is 0 Å². The first-order valence-corrected chi connectivity index (χ1v) is 13.9. The molecule has 40 heavy (non-hydrogen) atoms. The van der Waals surface area contributed by atoms with Crippen LogP contribution < -0.4 is 5.32 Å². The Bertz CT molecular complexity index is 1570. The van der Waals surface area contributed by atoms with Gasteiger partial charge in [-0.3, -0.25) is 10.1 Å². The van der Waals surface area contributed by atoms with Gasteiger partial charge in [0.1, 0.15) is 11.2 Å². The molecular formula is C32H40N8. The number of H-pyrrole nitrogens is 2. The molecule has 1 fully saturated rings. The van der Waals surface area contributed by atoms with Crippen LogP contribution in [0.15, 0.2) is 67.2 Å². The van der Waals surface area contributed by atoms with E-state index in [-0.39, 0.29) is 5.41 Å². The molecule has 1 saturated heterocycles. The molecule has 0 spiro atoms. The quantitative estimate of drug-likeness (QED) is 0.235. The van der Waals surface area contributed by atoms with Crippen molar-refractivity contribution < 1.29 is 0 Å². The zero-order valence-corrected chi connectivity index (χ0v) is 24.5. The van der Waals surface area contributed by atoms with E-state index in [1.807, 2.05) is 24.5 Å². The van der Waals surface area contributed by atoms with Gasteiger partial charge in [-0.15, -0.1) is 0 Å². The van der Waals surface area contributed by atoms with Crippen molar-refractivity contribution in [2.75, 3.05) is 38.5 Å². The van der Waals surface area contributed by atoms with Crippen molar-refractivity contribution in [1.82, 2.24) is 34.9 Å². The minimum absolute atomic E-state index is 0.0574. The number of hydrogen-bond donors (Lipinski definition) is 3. The second-order valence-corrected chi connectivity index (χ2v) is 11.6. The summed E-state index contributed by atoms with van der Waals surface area (Å²) in [6, 6.07) is 8.29. The molecule has 0 aliphatic carbocycles. The van der Waals surface area contributed by atoms with E-state index in [1.165, 1.54) is 11.3 Å². The number of aromatic amines is 2. The molecule has 4 aromatic rings. The van der Waals surface area contributed by atoms with Gasteiger partial charge in [0.05, 0.1) is 28.8 Å². The molecular weight excluding hydrogens is 496 g/mol. The lowest BCUT2D eigenvalue weighted by Crippen LogP contribution is -2.43. The Morgan fingerprint density at radius 2 is 1.88 bits per heavy atom. The number of rotatable bonds is 7. The molecule has 0 bridgehead atoms. The Morgan fingerprint density at radius 1 is 1.10 bits per heavy atom. The van der Waals surface area contributed by atoms with Gasteiger partial charge in [-0.05, 0) is 51.2 Å². The van der Waals surface area contributed by atoms with Crippen LogP contribution in [-0.2, 0) is 0 Å². The van der Waals surface area contributed by atoms with Crippen LogP contribution in [0.1, 0.15) is 39.0 Å². The van der Waals surface area contributed by atoms with Gasteiger partial charge in [-0.1, -0.05) is 39.5 Å². The molecule has 8 heteroatoms. The SMILES string of the molecule is C=C(Nc1cncc(-c2ccc3[nH]nc(-c4cc(/C(=C\C=C/C)N5CCN(C)CC5)c(C)[nH]4)c3n2)c1)C(C)(C)C. The molecule has 5 heterocycles. The molecule has 8 nitrogen and oxygen atoms in total. The number of pyridine rings is 2. The van der Waals surface area contributed by atoms with Gasteiger partial charge < -0.3 is 20.1 Å². The summed E-state index contributed by atoms with van der Waals surface area (Å²) < 4.78 is 0. The first-order chi connectivity index (χ1) is 19.1. The monoisotopic (exact) mass is 536 g/mol. The highest BCUT2D eigenvalue weighted by molar-refractivity contribution is 5.91. The van der Waals surface area contributed by atoms with Crippen LogP contribution >= 0.6 is 0 Å². The highest BCUT2D eigenvalue weighted by atomic mass is 15.3. The summed E-state index contributed by atoms with van der Waals surface area (Å²) in [5.41, 5.74) is 10.5. The Morgan fingerprint density at radius 3 is 2.60 bits per heavy atom. The number of nitrogens with zero attached hydrogens (tertiary/aromatic N) is 5. The molecule has 208 valence electrons. The minimum Gasteiger partial charge on any atom is -0.368 e. The molecule has 1 aliphatic rings. The van der Waals surface area contributed by atoms with E-state index >= 15 is 0 Å². The molecule has 0 radical (unpaired) electrons. The number of hydrogen-bond acceptors (Lipinski definition) is 6. The number of likely N-dealkylation sites (N-methyl/N-ethyl adjacent to an activating group) is 1. The smallest absolute Gasteiger partial charge is 0.135 e. The molecule has 5 rings (SSSR count). The fourth-order valence-corrected chi connectivity index (χ4v) is 4.81. The van der Waals surface area contributed by atoms with Gasteiger partial charge in [0.2, 0.25) is 0 Å². The van der Waals surface area contributed by atoms with Crippen LogP contribution in [0.2, 0.25) is 0 Å². The lowest BCUT2D eigenvalue weighted by Gasteiger charge is -2.35. The van der Waals surface area contributed by atoms with Crippen LogP contribution in [0.25, 0.3) is 39.4 Å². The topological polar surface area (TPSA) is 88.8 Å². The van der Waals surface area contributed by atoms with Gasteiger partial charge in [-0.2, -0.15) is 5.10 Å². The summed E-state index contributed by atoms with van der Waals surface area (Å²) in [6.07, 6.45) is 10.1. The predicted octanol–water partition coefficient (Wildman–Crippen LogP) is 6.46. The number of allylic oxidation sites excluding steroid dienone is 4. The molecule has 4 aromatic heterocycles. The molecule has 3 N–H and O–H groups in total. The number of aromatic nitrogens is 5. The Hall–Kier alpha value is -4.17. The second kappa shape index (κ2) is 11.1. The van der Waals surface area contributed by atoms with Crippen molar-refractivity contribution in [3.8, 4) is 22.6 Å². The van der Waals surface area contributed by atoms with Crippen molar-refractivity contribution in [2.45, 2.75) is 34.6 Å². The third-order valence-electron chi connectivity index (χ3n) is 7.48. The van der Waals surface area contributed by atoms with Gasteiger partial charge >= 0.3 is 0 Å². The highest BCUT2D eigenvalue weighted by Gasteiger charge is 2.22. The van der Waals surface area contributed by atoms with E-state index in [0.717, 1.165) is 76.9 Å². The average molecular weight is 537 g/mol. The van der Waals surface area contributed by atoms with Crippen molar-refractivity contribution in [3.63, 3.8) is 0 Å². The summed E-state index contributed by atoms with van der Waals surface area (Å²) in [4.78, 5) is 17.9. The van der Waals surface area contributed by atoms with Crippen LogP contribution in [-0.4, -0.2) is 68.2 Å². The average Bonchev–Trinajstić information content (AvgIpc) is 3.52. The molecule has 1 aliphatic heterocycles. The van der Waals surface area contributed by atoms with E-state index in [0.29, 0.717) is 0 Å². The van der Waals surface area contributed by atoms with Crippen LogP contribution in [0, 0.1) is 12.3 Å².